The average Bonchev–Trinajstić information content (AvgIpc) is 3.31. The van der Waals surface area contributed by atoms with Crippen molar-refractivity contribution in [1.82, 2.24) is 20.4 Å². The minimum absolute atomic E-state index is 0.00950. The maximum Gasteiger partial charge on any atom is 0.324 e. The molecule has 2 aromatic rings. The number of aromatic nitrogens is 2. The van der Waals surface area contributed by atoms with Crippen molar-refractivity contribution in [1.29, 1.82) is 0 Å². The van der Waals surface area contributed by atoms with Gasteiger partial charge in [0, 0.05) is 30.1 Å². The molecule has 1 saturated carbocycles. The summed E-state index contributed by atoms with van der Waals surface area (Å²) in [5, 5.41) is 7.18. The molecule has 2 heterocycles. The predicted octanol–water partition coefficient (Wildman–Crippen LogP) is 3.75. The fourth-order valence-corrected chi connectivity index (χ4v) is 4.57. The van der Waals surface area contributed by atoms with Crippen LogP contribution in [0, 0.1) is 5.92 Å². The summed E-state index contributed by atoms with van der Waals surface area (Å²) in [6.45, 7) is 2.59. The Morgan fingerprint density at radius 3 is 2.56 bits per heavy atom. The molecule has 2 fully saturated rings. The van der Waals surface area contributed by atoms with Gasteiger partial charge in [-0.3, -0.25) is 9.69 Å². The van der Waals surface area contributed by atoms with Gasteiger partial charge in [0.1, 0.15) is 11.5 Å². The molecular weight excluding hydrogens is 412 g/mol. The summed E-state index contributed by atoms with van der Waals surface area (Å²) in [6, 6.07) is 4.92. The molecule has 0 radical (unpaired) electrons. The third-order valence-corrected chi connectivity index (χ3v) is 6.37. The maximum atomic E-state index is 12.9. The normalized spacial score (nSPS) is 23.0. The Morgan fingerprint density at radius 1 is 1.12 bits per heavy atom. The van der Waals surface area contributed by atoms with Crippen molar-refractivity contribution in [3.8, 4) is 22.9 Å². The van der Waals surface area contributed by atoms with Crippen molar-refractivity contribution in [2.24, 2.45) is 5.92 Å². The lowest BCUT2D eigenvalue weighted by Gasteiger charge is -2.41. The van der Waals surface area contributed by atoms with E-state index >= 15 is 0 Å². The van der Waals surface area contributed by atoms with Crippen molar-refractivity contribution in [3.63, 3.8) is 0 Å². The van der Waals surface area contributed by atoms with Gasteiger partial charge in [-0.15, -0.1) is 0 Å². The Balaban J connectivity index is 1.45. The monoisotopic (exact) mass is 442 g/mol. The number of benzene rings is 1. The molecular formula is C23H30N4O5. The number of imide groups is 1. The Bertz CT molecular complexity index is 953. The number of carbonyl (C=O) groups excluding carboxylic acids is 2. The molecule has 3 atom stereocenters. The zero-order chi connectivity index (χ0) is 22.7. The second-order valence-corrected chi connectivity index (χ2v) is 8.43. The molecule has 0 spiro atoms. The van der Waals surface area contributed by atoms with Crippen LogP contribution in [-0.4, -0.2) is 53.8 Å². The van der Waals surface area contributed by atoms with E-state index in [-0.39, 0.29) is 29.8 Å². The lowest BCUT2D eigenvalue weighted by molar-refractivity contribution is -0.136. The van der Waals surface area contributed by atoms with Crippen molar-refractivity contribution in [2.75, 3.05) is 20.8 Å². The molecule has 9 nitrogen and oxygen atoms in total. The lowest BCUT2D eigenvalue weighted by atomic mass is 9.76. The summed E-state index contributed by atoms with van der Waals surface area (Å²) in [4.78, 5) is 31.4. The molecule has 1 aromatic carbocycles. The highest BCUT2D eigenvalue weighted by Crippen LogP contribution is 2.38. The fraction of sp³-hybridized carbons (Fsp3) is 0.565. The van der Waals surface area contributed by atoms with Gasteiger partial charge in [-0.1, -0.05) is 24.9 Å². The summed E-state index contributed by atoms with van der Waals surface area (Å²) in [6.07, 6.45) is 4.94. The van der Waals surface area contributed by atoms with E-state index in [0.717, 1.165) is 31.2 Å². The van der Waals surface area contributed by atoms with E-state index < -0.39 is 0 Å². The summed E-state index contributed by atoms with van der Waals surface area (Å²) in [5.74, 6) is 2.00. The molecule has 4 rings (SSSR count). The third kappa shape index (κ3) is 4.42. The van der Waals surface area contributed by atoms with Crippen LogP contribution in [0.5, 0.6) is 11.5 Å². The number of nitrogens with zero attached hydrogens (tertiary/aromatic N) is 3. The number of unbranched alkanes of at least 4 members (excludes halogenated alkanes) is 2. The predicted molar refractivity (Wildman–Crippen MR) is 116 cm³/mol. The molecule has 1 aliphatic heterocycles. The molecule has 9 heteroatoms. The fourth-order valence-electron chi connectivity index (χ4n) is 4.57. The minimum atomic E-state index is -0.289. The van der Waals surface area contributed by atoms with Crippen LogP contribution in [-0.2, 0) is 4.79 Å². The van der Waals surface area contributed by atoms with Crippen molar-refractivity contribution in [3.05, 3.63) is 24.1 Å². The van der Waals surface area contributed by atoms with Crippen LogP contribution in [0.4, 0.5) is 4.79 Å². The Kier molecular flexibility index (Phi) is 6.62. The van der Waals surface area contributed by atoms with E-state index in [1.54, 1.807) is 20.3 Å². The zero-order valence-electron chi connectivity index (χ0n) is 18.8. The Hall–Kier alpha value is -3.10. The van der Waals surface area contributed by atoms with Crippen LogP contribution in [0.1, 0.15) is 57.3 Å². The molecule has 1 N–H and O–H groups in total. The Labute approximate surface area is 187 Å². The second-order valence-electron chi connectivity index (χ2n) is 8.43. The SMILES string of the molecule is CCCCCN1C(=O)NC2CC(c3nc(-c4cc(OC)cc(OC)c4)no3)CCC2C1=O. The number of fused-ring (bicyclic) bond motifs is 1. The first-order valence-electron chi connectivity index (χ1n) is 11.2. The first-order chi connectivity index (χ1) is 15.5. The van der Waals surface area contributed by atoms with Gasteiger partial charge in [0.25, 0.3) is 0 Å². The Morgan fingerprint density at radius 2 is 1.88 bits per heavy atom. The average molecular weight is 443 g/mol. The molecule has 32 heavy (non-hydrogen) atoms. The highest BCUT2D eigenvalue weighted by atomic mass is 16.5. The topological polar surface area (TPSA) is 107 Å². The lowest BCUT2D eigenvalue weighted by Crippen LogP contribution is -2.61. The van der Waals surface area contributed by atoms with Crippen molar-refractivity contribution in [2.45, 2.75) is 57.4 Å². The van der Waals surface area contributed by atoms with Crippen molar-refractivity contribution < 1.29 is 23.6 Å². The van der Waals surface area contributed by atoms with Gasteiger partial charge in [0.05, 0.1) is 20.1 Å². The van der Waals surface area contributed by atoms with E-state index in [1.807, 2.05) is 12.1 Å². The molecule has 1 aromatic heterocycles. The van der Waals surface area contributed by atoms with Crippen LogP contribution >= 0.6 is 0 Å². The number of urea groups is 1. The van der Waals surface area contributed by atoms with Crippen LogP contribution in [0.2, 0.25) is 0 Å². The van der Waals surface area contributed by atoms with Crippen molar-refractivity contribution >= 4 is 11.9 Å². The molecule has 3 amide bonds. The standard InChI is InChI=1S/C23H30N4O5/c1-4-5-6-9-27-22(28)18-8-7-14(12-19(18)24-23(27)29)21-25-20(26-32-21)15-10-16(30-2)13-17(11-15)31-3/h10-11,13-14,18-19H,4-9,12H2,1-3H3,(H,24,29). The van der Waals surface area contributed by atoms with Gasteiger partial charge in [-0.25, -0.2) is 4.79 Å². The quantitative estimate of drug-likeness (QED) is 0.621. The number of ether oxygens (including phenoxy) is 2. The van der Waals surface area contributed by atoms with Gasteiger partial charge in [0.2, 0.25) is 17.6 Å². The zero-order valence-corrected chi connectivity index (χ0v) is 18.8. The number of methoxy groups -OCH3 is 2. The summed E-state index contributed by atoms with van der Waals surface area (Å²) in [5.41, 5.74) is 0.730. The van der Waals surface area contributed by atoms with E-state index in [0.29, 0.717) is 42.6 Å². The van der Waals surface area contributed by atoms with Crippen LogP contribution in [0.15, 0.2) is 22.7 Å². The number of carbonyl (C=O) groups is 2. The summed E-state index contributed by atoms with van der Waals surface area (Å²) >= 11 is 0. The molecule has 3 unspecified atom stereocenters. The van der Waals surface area contributed by atoms with Gasteiger partial charge in [0.15, 0.2) is 0 Å². The van der Waals surface area contributed by atoms with E-state index in [4.69, 9.17) is 14.0 Å². The number of rotatable bonds is 8. The first-order valence-corrected chi connectivity index (χ1v) is 11.2. The largest absolute Gasteiger partial charge is 0.497 e. The first kappa shape index (κ1) is 22.1. The molecule has 1 saturated heterocycles. The maximum absolute atomic E-state index is 12.9. The summed E-state index contributed by atoms with van der Waals surface area (Å²) in [7, 11) is 3.17. The van der Waals surface area contributed by atoms with Crippen LogP contribution in [0.3, 0.4) is 0 Å². The second kappa shape index (κ2) is 9.58. The van der Waals surface area contributed by atoms with E-state index in [1.165, 1.54) is 4.90 Å². The number of amides is 3. The molecule has 0 bridgehead atoms. The smallest absolute Gasteiger partial charge is 0.324 e. The van der Waals surface area contributed by atoms with Crippen LogP contribution in [0.25, 0.3) is 11.4 Å². The van der Waals surface area contributed by atoms with Gasteiger partial charge >= 0.3 is 6.03 Å². The molecule has 1 aliphatic carbocycles. The highest BCUT2D eigenvalue weighted by molar-refractivity contribution is 5.98. The van der Waals surface area contributed by atoms with Crippen LogP contribution < -0.4 is 14.8 Å². The highest BCUT2D eigenvalue weighted by Gasteiger charge is 2.45. The minimum Gasteiger partial charge on any atom is -0.497 e. The number of hydrogen-bond acceptors (Lipinski definition) is 7. The molecule has 172 valence electrons. The molecule has 2 aliphatic rings. The van der Waals surface area contributed by atoms with Gasteiger partial charge < -0.3 is 19.3 Å². The summed E-state index contributed by atoms with van der Waals surface area (Å²) < 4.78 is 16.2. The third-order valence-electron chi connectivity index (χ3n) is 6.37. The number of hydrogen-bond donors (Lipinski definition) is 1. The number of nitrogens with one attached hydrogen (secondary N) is 1. The van der Waals surface area contributed by atoms with E-state index in [2.05, 4.69) is 22.4 Å². The van der Waals surface area contributed by atoms with Gasteiger partial charge in [-0.05, 0) is 37.8 Å². The van der Waals surface area contributed by atoms with Gasteiger partial charge in [-0.2, -0.15) is 4.98 Å². The van der Waals surface area contributed by atoms with E-state index in [9.17, 15) is 9.59 Å².